The molecule has 0 unspecified atom stereocenters. The molecule has 128 valence electrons. The molecule has 1 saturated carbocycles. The molecule has 4 rings (SSSR count). The molecule has 1 fully saturated rings. The second-order valence-corrected chi connectivity index (χ2v) is 6.38. The van der Waals surface area contributed by atoms with E-state index in [4.69, 9.17) is 4.74 Å². The molecule has 3 aromatic rings. The van der Waals surface area contributed by atoms with Gasteiger partial charge in [0.05, 0.1) is 5.69 Å². The zero-order chi connectivity index (χ0) is 17.4. The number of carbonyl (C=O) groups is 1. The summed E-state index contributed by atoms with van der Waals surface area (Å²) in [5.74, 6) is 0.213. The Morgan fingerprint density at radius 1 is 1.24 bits per heavy atom. The molecular weight excluding hydrogens is 318 g/mol. The summed E-state index contributed by atoms with van der Waals surface area (Å²) in [5.41, 5.74) is 3.25. The number of aromatic nitrogens is 5. The molecule has 1 aliphatic carbocycles. The smallest absolute Gasteiger partial charge is 0.359 e. The Morgan fingerprint density at radius 2 is 2.00 bits per heavy atom. The second-order valence-electron chi connectivity index (χ2n) is 6.38. The van der Waals surface area contributed by atoms with Crippen LogP contribution in [0.1, 0.15) is 46.5 Å². The summed E-state index contributed by atoms with van der Waals surface area (Å²) in [6.07, 6.45) is 3.94. The van der Waals surface area contributed by atoms with Gasteiger partial charge in [-0.3, -0.25) is 0 Å². The second kappa shape index (κ2) is 6.16. The largest absolute Gasteiger partial charge is 0.453 e. The minimum atomic E-state index is -0.459. The molecule has 25 heavy (non-hydrogen) atoms. The quantitative estimate of drug-likeness (QED) is 0.669. The van der Waals surface area contributed by atoms with Crippen molar-refractivity contribution < 1.29 is 9.53 Å². The highest BCUT2D eigenvalue weighted by Gasteiger charge is 2.26. The van der Waals surface area contributed by atoms with Gasteiger partial charge in [-0.15, -0.1) is 10.2 Å². The molecule has 0 saturated heterocycles. The molecule has 2 heterocycles. The lowest BCUT2D eigenvalue weighted by Gasteiger charge is -2.05. The first-order valence-corrected chi connectivity index (χ1v) is 8.31. The third kappa shape index (κ3) is 3.17. The van der Waals surface area contributed by atoms with Crippen LogP contribution in [0.25, 0.3) is 5.69 Å². The summed E-state index contributed by atoms with van der Waals surface area (Å²) in [4.78, 5) is 12.3. The van der Waals surface area contributed by atoms with Crippen LogP contribution < -0.4 is 0 Å². The molecule has 0 radical (unpaired) electrons. The van der Waals surface area contributed by atoms with E-state index in [1.165, 1.54) is 5.56 Å². The summed E-state index contributed by atoms with van der Waals surface area (Å²) in [7, 11) is 0. The predicted octanol–water partition coefficient (Wildman–Crippen LogP) is 2.77. The van der Waals surface area contributed by atoms with Gasteiger partial charge in [0.1, 0.15) is 6.33 Å². The molecule has 1 aliphatic rings. The summed E-state index contributed by atoms with van der Waals surface area (Å²) in [6, 6.07) is 10.2. The fourth-order valence-corrected chi connectivity index (χ4v) is 2.75. The fraction of sp³-hybridized carbons (Fsp3) is 0.333. The van der Waals surface area contributed by atoms with E-state index in [1.807, 2.05) is 42.7 Å². The zero-order valence-corrected chi connectivity index (χ0v) is 14.2. The van der Waals surface area contributed by atoms with E-state index < -0.39 is 5.97 Å². The standard InChI is InChI=1S/C18H19N5O2/c1-12-3-5-15(6-4-12)23-13(2)9-16(21-23)18(24)25-10-17-20-19-11-22(17)14-7-8-14/h3-6,9,11,14H,7-8,10H2,1-2H3. The Hall–Kier alpha value is -2.96. The third-order valence-corrected chi connectivity index (χ3v) is 4.29. The first-order valence-electron chi connectivity index (χ1n) is 8.31. The number of hydrogen-bond acceptors (Lipinski definition) is 5. The van der Waals surface area contributed by atoms with Crippen LogP contribution >= 0.6 is 0 Å². The van der Waals surface area contributed by atoms with Crippen molar-refractivity contribution in [2.45, 2.75) is 39.3 Å². The predicted molar refractivity (Wildman–Crippen MR) is 90.5 cm³/mol. The molecule has 0 N–H and O–H groups in total. The van der Waals surface area contributed by atoms with E-state index in [0.717, 1.165) is 24.2 Å². The van der Waals surface area contributed by atoms with Crippen LogP contribution in [0.2, 0.25) is 0 Å². The maximum Gasteiger partial charge on any atom is 0.359 e. The van der Waals surface area contributed by atoms with Crippen molar-refractivity contribution in [3.8, 4) is 5.69 Å². The van der Waals surface area contributed by atoms with Gasteiger partial charge in [0.15, 0.2) is 18.1 Å². The lowest BCUT2D eigenvalue weighted by molar-refractivity contribution is 0.0450. The van der Waals surface area contributed by atoms with Gasteiger partial charge in [-0.2, -0.15) is 5.10 Å². The lowest BCUT2D eigenvalue weighted by atomic mass is 10.2. The Morgan fingerprint density at radius 3 is 2.72 bits per heavy atom. The van der Waals surface area contributed by atoms with E-state index >= 15 is 0 Å². The number of ether oxygens (including phenoxy) is 1. The van der Waals surface area contributed by atoms with E-state index in [9.17, 15) is 4.79 Å². The normalized spacial score (nSPS) is 13.8. The Kier molecular flexibility index (Phi) is 3.83. The Bertz CT molecular complexity index is 906. The minimum absolute atomic E-state index is 0.103. The number of rotatable bonds is 5. The third-order valence-electron chi connectivity index (χ3n) is 4.29. The van der Waals surface area contributed by atoms with Crippen LogP contribution in [0.5, 0.6) is 0 Å². The molecule has 0 amide bonds. The van der Waals surface area contributed by atoms with Crippen LogP contribution in [0, 0.1) is 13.8 Å². The molecule has 0 atom stereocenters. The Balaban J connectivity index is 1.48. The Labute approximate surface area is 145 Å². The van der Waals surface area contributed by atoms with Crippen LogP contribution in [0.4, 0.5) is 0 Å². The SMILES string of the molecule is Cc1ccc(-n2nc(C(=O)OCc3nncn3C3CC3)cc2C)cc1. The first kappa shape index (κ1) is 15.6. The molecule has 1 aromatic carbocycles. The molecule has 0 spiro atoms. The molecule has 0 bridgehead atoms. The maximum atomic E-state index is 12.3. The van der Waals surface area contributed by atoms with Crippen molar-refractivity contribution in [1.29, 1.82) is 0 Å². The van der Waals surface area contributed by atoms with Crippen molar-refractivity contribution in [3.05, 3.63) is 59.4 Å². The van der Waals surface area contributed by atoms with Crippen LogP contribution in [-0.2, 0) is 11.3 Å². The number of nitrogens with zero attached hydrogens (tertiary/aromatic N) is 5. The van der Waals surface area contributed by atoms with Crippen LogP contribution in [0.3, 0.4) is 0 Å². The first-order chi connectivity index (χ1) is 12.1. The van der Waals surface area contributed by atoms with E-state index in [1.54, 1.807) is 17.1 Å². The van der Waals surface area contributed by atoms with E-state index in [-0.39, 0.29) is 12.3 Å². The van der Waals surface area contributed by atoms with Gasteiger partial charge in [0, 0.05) is 11.7 Å². The monoisotopic (exact) mass is 337 g/mol. The highest BCUT2D eigenvalue weighted by molar-refractivity contribution is 5.87. The van der Waals surface area contributed by atoms with Gasteiger partial charge < -0.3 is 9.30 Å². The molecule has 2 aromatic heterocycles. The number of benzene rings is 1. The number of carbonyl (C=O) groups excluding carboxylic acids is 1. The van der Waals surface area contributed by atoms with Crippen molar-refractivity contribution in [1.82, 2.24) is 24.5 Å². The average molecular weight is 337 g/mol. The van der Waals surface area contributed by atoms with Crippen molar-refractivity contribution in [2.75, 3.05) is 0 Å². The lowest BCUT2D eigenvalue weighted by Crippen LogP contribution is -2.10. The summed E-state index contributed by atoms with van der Waals surface area (Å²) in [6.45, 7) is 4.04. The molecular formula is C18H19N5O2. The van der Waals surface area contributed by atoms with Crippen molar-refractivity contribution in [2.24, 2.45) is 0 Å². The van der Waals surface area contributed by atoms with Gasteiger partial charge in [0.25, 0.3) is 0 Å². The summed E-state index contributed by atoms with van der Waals surface area (Å²) >= 11 is 0. The number of aryl methyl sites for hydroxylation is 2. The zero-order valence-electron chi connectivity index (χ0n) is 14.2. The summed E-state index contributed by atoms with van der Waals surface area (Å²) in [5, 5.41) is 12.3. The molecule has 0 aliphatic heterocycles. The van der Waals surface area contributed by atoms with Crippen molar-refractivity contribution in [3.63, 3.8) is 0 Å². The van der Waals surface area contributed by atoms with Gasteiger partial charge in [-0.05, 0) is 44.9 Å². The highest BCUT2D eigenvalue weighted by Crippen LogP contribution is 2.35. The fourth-order valence-electron chi connectivity index (χ4n) is 2.75. The van der Waals surface area contributed by atoms with Gasteiger partial charge >= 0.3 is 5.97 Å². The van der Waals surface area contributed by atoms with Gasteiger partial charge in [-0.25, -0.2) is 9.48 Å². The van der Waals surface area contributed by atoms with Crippen LogP contribution in [-0.4, -0.2) is 30.5 Å². The van der Waals surface area contributed by atoms with Gasteiger partial charge in [0.2, 0.25) is 0 Å². The number of esters is 1. The van der Waals surface area contributed by atoms with Crippen molar-refractivity contribution >= 4 is 5.97 Å². The summed E-state index contributed by atoms with van der Waals surface area (Å²) < 4.78 is 9.09. The minimum Gasteiger partial charge on any atom is -0.453 e. The van der Waals surface area contributed by atoms with E-state index in [0.29, 0.717) is 11.9 Å². The maximum absolute atomic E-state index is 12.3. The van der Waals surface area contributed by atoms with Gasteiger partial charge in [-0.1, -0.05) is 17.7 Å². The number of hydrogen-bond donors (Lipinski definition) is 0. The molecule has 7 heteroatoms. The highest BCUT2D eigenvalue weighted by atomic mass is 16.5. The topological polar surface area (TPSA) is 74.8 Å². The van der Waals surface area contributed by atoms with Crippen LogP contribution in [0.15, 0.2) is 36.7 Å². The van der Waals surface area contributed by atoms with E-state index in [2.05, 4.69) is 15.3 Å². The molecule has 7 nitrogen and oxygen atoms in total. The average Bonchev–Trinajstić information content (AvgIpc) is 3.22.